The van der Waals surface area contributed by atoms with Crippen LogP contribution in [0.3, 0.4) is 0 Å². The van der Waals surface area contributed by atoms with Gasteiger partial charge in [0.25, 0.3) is 5.52 Å². The van der Waals surface area contributed by atoms with Gasteiger partial charge in [0.2, 0.25) is 0 Å². The lowest BCUT2D eigenvalue weighted by Gasteiger charge is -2.14. The van der Waals surface area contributed by atoms with E-state index in [2.05, 4.69) is 9.05 Å². The number of rotatable bonds is 8. The summed E-state index contributed by atoms with van der Waals surface area (Å²) in [6.45, 7) is -1.08. The minimum atomic E-state index is -3.90. The third-order valence-corrected chi connectivity index (χ3v) is 3.22. The SMILES string of the molecule is O=C(CO)P(=O)(OCCCl)OCCCl. The Hall–Kier alpha value is 0.360. The molecule has 0 radical (unpaired) electrons. The fourth-order valence-corrected chi connectivity index (χ4v) is 2.15. The Bertz CT molecular complexity index is 210. The smallest absolute Gasteiger partial charge is 0.388 e. The molecule has 0 bridgehead atoms. The third-order valence-electron chi connectivity index (χ3n) is 1.12. The summed E-state index contributed by atoms with van der Waals surface area (Å²) in [5.74, 6) is 0.153. The molecule has 0 aromatic carbocycles. The summed E-state index contributed by atoms with van der Waals surface area (Å²) in [7, 11) is -3.90. The van der Waals surface area contributed by atoms with Crippen LogP contribution in [0.5, 0.6) is 0 Å². The largest absolute Gasteiger partial charge is 0.399 e. The Morgan fingerprint density at radius 3 is 1.93 bits per heavy atom. The van der Waals surface area contributed by atoms with E-state index in [1.54, 1.807) is 0 Å². The normalized spacial score (nSPS) is 11.6. The summed E-state index contributed by atoms with van der Waals surface area (Å²) < 4.78 is 20.9. The number of carbonyl (C=O) groups excluding carboxylic acids is 1. The van der Waals surface area contributed by atoms with Gasteiger partial charge in [-0.05, 0) is 0 Å². The maximum absolute atomic E-state index is 11.6. The van der Waals surface area contributed by atoms with Crippen LogP contribution in [0.2, 0.25) is 0 Å². The lowest BCUT2D eigenvalue weighted by atomic mass is 10.8. The molecule has 0 fully saturated rings. The molecule has 0 aromatic rings. The Kier molecular flexibility index (Phi) is 7.82. The van der Waals surface area contributed by atoms with E-state index in [9.17, 15) is 9.36 Å². The first-order valence-corrected chi connectivity index (χ1v) is 6.37. The lowest BCUT2D eigenvalue weighted by molar-refractivity contribution is -0.116. The Morgan fingerprint density at radius 1 is 1.21 bits per heavy atom. The number of aliphatic hydroxyl groups excluding tert-OH is 1. The van der Waals surface area contributed by atoms with Gasteiger partial charge in [-0.3, -0.25) is 9.36 Å². The molecule has 0 rings (SSSR count). The summed E-state index contributed by atoms with van der Waals surface area (Å²) in [6, 6.07) is 0. The van der Waals surface area contributed by atoms with Crippen LogP contribution in [0.15, 0.2) is 0 Å². The van der Waals surface area contributed by atoms with Gasteiger partial charge in [0.15, 0.2) is 0 Å². The number of halogens is 2. The fraction of sp³-hybridized carbons (Fsp3) is 0.833. The van der Waals surface area contributed by atoms with Crippen LogP contribution in [-0.4, -0.2) is 42.2 Å². The molecule has 0 aliphatic heterocycles. The van der Waals surface area contributed by atoms with Crippen molar-refractivity contribution in [3.8, 4) is 0 Å². The summed E-state index contributed by atoms with van der Waals surface area (Å²) in [4.78, 5) is 11.0. The zero-order valence-electron chi connectivity index (χ0n) is 7.32. The van der Waals surface area contributed by atoms with Gasteiger partial charge in [-0.1, -0.05) is 0 Å². The fourth-order valence-electron chi connectivity index (χ4n) is 0.577. The van der Waals surface area contributed by atoms with Gasteiger partial charge in [-0.25, -0.2) is 0 Å². The quantitative estimate of drug-likeness (QED) is 0.527. The molecule has 0 spiro atoms. The molecule has 0 saturated carbocycles. The van der Waals surface area contributed by atoms with Gasteiger partial charge >= 0.3 is 7.60 Å². The molecule has 84 valence electrons. The van der Waals surface area contributed by atoms with E-state index in [-0.39, 0.29) is 25.0 Å². The van der Waals surface area contributed by atoms with Crippen molar-refractivity contribution in [1.82, 2.24) is 0 Å². The van der Waals surface area contributed by atoms with Crippen LogP contribution in [-0.2, 0) is 18.4 Å². The van der Waals surface area contributed by atoms with Crippen LogP contribution < -0.4 is 0 Å². The van der Waals surface area contributed by atoms with Gasteiger partial charge in [-0.15, -0.1) is 23.2 Å². The number of hydrogen-bond acceptors (Lipinski definition) is 5. The second-order valence-corrected chi connectivity index (χ2v) is 4.86. The van der Waals surface area contributed by atoms with Crippen LogP contribution >= 0.6 is 30.8 Å². The summed E-state index contributed by atoms with van der Waals surface area (Å²) in [5, 5.41) is 8.52. The van der Waals surface area contributed by atoms with E-state index in [0.717, 1.165) is 0 Å². The van der Waals surface area contributed by atoms with Crippen molar-refractivity contribution in [2.45, 2.75) is 0 Å². The number of alkyl halides is 2. The summed E-state index contributed by atoms with van der Waals surface area (Å²) in [6.07, 6.45) is 0. The maximum atomic E-state index is 11.6. The van der Waals surface area contributed by atoms with Crippen molar-refractivity contribution < 1.29 is 23.5 Å². The molecule has 0 aliphatic rings. The van der Waals surface area contributed by atoms with Crippen LogP contribution in [0.25, 0.3) is 0 Å². The van der Waals surface area contributed by atoms with E-state index in [1.807, 2.05) is 0 Å². The zero-order chi connectivity index (χ0) is 11.0. The third kappa shape index (κ3) is 4.73. The Labute approximate surface area is 91.8 Å². The van der Waals surface area contributed by atoms with Crippen LogP contribution in [0.1, 0.15) is 0 Å². The Morgan fingerprint density at radius 2 is 1.64 bits per heavy atom. The highest BCUT2D eigenvalue weighted by Crippen LogP contribution is 2.48. The van der Waals surface area contributed by atoms with Gasteiger partial charge in [0.1, 0.15) is 6.61 Å². The van der Waals surface area contributed by atoms with Crippen molar-refractivity contribution in [2.24, 2.45) is 0 Å². The zero-order valence-corrected chi connectivity index (χ0v) is 9.73. The van der Waals surface area contributed by atoms with Crippen LogP contribution in [0.4, 0.5) is 0 Å². The standard InChI is InChI=1S/C6H11Cl2O5P/c7-1-3-12-14(11,6(10)5-9)13-4-2-8/h9H,1-5H2. The molecule has 0 unspecified atom stereocenters. The minimum absolute atomic E-state index is 0.0763. The van der Waals surface area contributed by atoms with Crippen molar-refractivity contribution in [1.29, 1.82) is 0 Å². The predicted octanol–water partition coefficient (Wildman–Crippen LogP) is 1.21. The van der Waals surface area contributed by atoms with E-state index in [1.165, 1.54) is 0 Å². The lowest BCUT2D eigenvalue weighted by Crippen LogP contribution is -2.12. The predicted molar refractivity (Wildman–Crippen MR) is 53.0 cm³/mol. The maximum Gasteiger partial charge on any atom is 0.399 e. The highest BCUT2D eigenvalue weighted by molar-refractivity contribution is 7.71. The van der Waals surface area contributed by atoms with E-state index >= 15 is 0 Å². The first-order valence-electron chi connectivity index (χ1n) is 3.76. The van der Waals surface area contributed by atoms with E-state index < -0.39 is 19.7 Å². The average Bonchev–Trinajstić information content (AvgIpc) is 2.22. The van der Waals surface area contributed by atoms with Crippen molar-refractivity contribution in [3.63, 3.8) is 0 Å². The number of carbonyl (C=O) groups is 1. The van der Waals surface area contributed by atoms with Gasteiger partial charge < -0.3 is 14.2 Å². The molecule has 14 heavy (non-hydrogen) atoms. The highest BCUT2D eigenvalue weighted by Gasteiger charge is 2.33. The van der Waals surface area contributed by atoms with Crippen molar-refractivity contribution >= 4 is 36.3 Å². The molecule has 0 aliphatic carbocycles. The molecular weight excluding hydrogens is 254 g/mol. The summed E-state index contributed by atoms with van der Waals surface area (Å²) >= 11 is 10.6. The molecule has 8 heteroatoms. The van der Waals surface area contributed by atoms with E-state index in [4.69, 9.17) is 28.3 Å². The molecule has 0 saturated heterocycles. The molecular formula is C6H11Cl2O5P. The Balaban J connectivity index is 4.33. The number of aliphatic hydroxyl groups is 1. The first-order chi connectivity index (χ1) is 6.60. The highest BCUT2D eigenvalue weighted by atomic mass is 35.5. The molecule has 0 atom stereocenters. The van der Waals surface area contributed by atoms with E-state index in [0.29, 0.717) is 0 Å². The second kappa shape index (κ2) is 7.63. The van der Waals surface area contributed by atoms with Crippen molar-refractivity contribution in [2.75, 3.05) is 31.6 Å². The monoisotopic (exact) mass is 264 g/mol. The van der Waals surface area contributed by atoms with Gasteiger partial charge in [0, 0.05) is 11.8 Å². The summed E-state index contributed by atoms with van der Waals surface area (Å²) in [5.41, 5.74) is -0.993. The van der Waals surface area contributed by atoms with Crippen molar-refractivity contribution in [3.05, 3.63) is 0 Å². The van der Waals surface area contributed by atoms with Crippen LogP contribution in [0, 0.1) is 0 Å². The molecule has 0 heterocycles. The molecule has 0 aromatic heterocycles. The minimum Gasteiger partial charge on any atom is -0.388 e. The molecule has 5 nitrogen and oxygen atoms in total. The van der Waals surface area contributed by atoms with Gasteiger partial charge in [-0.2, -0.15) is 0 Å². The van der Waals surface area contributed by atoms with Gasteiger partial charge in [0.05, 0.1) is 13.2 Å². The molecule has 1 N–H and O–H groups in total. The topological polar surface area (TPSA) is 72.8 Å². The first kappa shape index (κ1) is 14.4. The molecule has 0 amide bonds. The number of hydrogen-bond donors (Lipinski definition) is 1. The second-order valence-electron chi connectivity index (χ2n) is 2.09. The average molecular weight is 265 g/mol.